The number of alkyl halides is 1. The molecule has 0 amide bonds. The number of halogens is 1. The lowest BCUT2D eigenvalue weighted by atomic mass is 10.3. The Kier molecular flexibility index (Phi) is 20.7. The second-order valence-electron chi connectivity index (χ2n) is 6.39. The van der Waals surface area contributed by atoms with Crippen molar-refractivity contribution in [1.29, 1.82) is 0 Å². The number of ether oxygens (including phenoxy) is 8. The van der Waals surface area contributed by atoms with E-state index in [4.69, 9.17) is 55.2 Å². The Morgan fingerprint density at radius 3 is 1.12 bits per heavy atom. The minimum atomic E-state index is 0.483. The fourth-order valence-electron chi connectivity index (χ4n) is 2.26. The van der Waals surface area contributed by atoms with Crippen molar-refractivity contribution in [2.75, 3.05) is 111 Å². The van der Waals surface area contributed by atoms with Crippen molar-refractivity contribution in [3.05, 3.63) is 24.3 Å². The Balaban J connectivity index is 1.67. The number of benzene rings is 1. The molecule has 0 aliphatic carbocycles. The van der Waals surface area contributed by atoms with Crippen LogP contribution in [0.25, 0.3) is 0 Å². The molecule has 1 aromatic rings. The summed E-state index contributed by atoms with van der Waals surface area (Å²) in [6, 6.07) is 7.27. The van der Waals surface area contributed by atoms with Gasteiger partial charge in [-0.25, -0.2) is 0 Å². The third-order valence-corrected chi connectivity index (χ3v) is 3.98. The van der Waals surface area contributed by atoms with Crippen LogP contribution in [-0.4, -0.2) is 105 Å². The number of rotatable bonds is 24. The Bertz CT molecular complexity index is 509. The fourth-order valence-corrected chi connectivity index (χ4v) is 2.37. The standard InChI is InChI=1S/C22H38ClNO8/c23-5-6-25-7-8-26-9-10-27-11-12-28-13-14-29-15-16-30-17-18-31-19-20-32-22-3-1-21(24)2-4-22/h1-4H,5-20,24H2. The molecule has 0 spiro atoms. The first kappa shape index (κ1) is 28.9. The molecular formula is C22H38ClNO8. The molecule has 0 saturated carbocycles. The maximum atomic E-state index is 5.62. The largest absolute Gasteiger partial charge is 0.491 e. The lowest BCUT2D eigenvalue weighted by Gasteiger charge is -2.09. The van der Waals surface area contributed by atoms with E-state index < -0.39 is 0 Å². The summed E-state index contributed by atoms with van der Waals surface area (Å²) in [4.78, 5) is 0. The molecule has 0 atom stereocenters. The van der Waals surface area contributed by atoms with Crippen LogP contribution in [-0.2, 0) is 33.2 Å². The first-order valence-corrected chi connectivity index (χ1v) is 11.4. The van der Waals surface area contributed by atoms with Gasteiger partial charge in [0.25, 0.3) is 0 Å². The summed E-state index contributed by atoms with van der Waals surface area (Å²) in [7, 11) is 0. The van der Waals surface area contributed by atoms with Crippen molar-refractivity contribution in [2.24, 2.45) is 0 Å². The van der Waals surface area contributed by atoms with Crippen LogP contribution in [0.1, 0.15) is 0 Å². The van der Waals surface area contributed by atoms with Crippen molar-refractivity contribution in [1.82, 2.24) is 0 Å². The zero-order chi connectivity index (χ0) is 23.0. The minimum absolute atomic E-state index is 0.483. The highest BCUT2D eigenvalue weighted by molar-refractivity contribution is 6.17. The van der Waals surface area contributed by atoms with Gasteiger partial charge in [0.1, 0.15) is 12.4 Å². The Morgan fingerprint density at radius 2 is 0.781 bits per heavy atom. The molecule has 0 heterocycles. The maximum absolute atomic E-state index is 5.62. The molecule has 0 unspecified atom stereocenters. The second-order valence-corrected chi connectivity index (χ2v) is 6.77. The van der Waals surface area contributed by atoms with Crippen LogP contribution in [0.2, 0.25) is 0 Å². The van der Waals surface area contributed by atoms with Crippen molar-refractivity contribution >= 4 is 17.3 Å². The topological polar surface area (TPSA) is 99.9 Å². The average Bonchev–Trinajstić information content (AvgIpc) is 2.81. The maximum Gasteiger partial charge on any atom is 0.119 e. The van der Waals surface area contributed by atoms with Gasteiger partial charge in [0.2, 0.25) is 0 Å². The molecule has 1 aromatic carbocycles. The second kappa shape index (κ2) is 23.0. The lowest BCUT2D eigenvalue weighted by molar-refractivity contribution is -0.0208. The molecule has 0 fully saturated rings. The summed E-state index contributed by atoms with van der Waals surface area (Å²) in [5.74, 6) is 1.28. The average molecular weight is 480 g/mol. The van der Waals surface area contributed by atoms with E-state index in [-0.39, 0.29) is 0 Å². The zero-order valence-corrected chi connectivity index (χ0v) is 19.6. The summed E-state index contributed by atoms with van der Waals surface area (Å²) in [6.07, 6.45) is 0. The van der Waals surface area contributed by atoms with Gasteiger partial charge in [0.05, 0.1) is 92.5 Å². The molecule has 0 bridgehead atoms. The van der Waals surface area contributed by atoms with Gasteiger partial charge in [-0.1, -0.05) is 0 Å². The molecule has 0 radical (unpaired) electrons. The minimum Gasteiger partial charge on any atom is -0.491 e. The van der Waals surface area contributed by atoms with Crippen LogP contribution >= 0.6 is 11.6 Å². The van der Waals surface area contributed by atoms with Crippen LogP contribution in [0, 0.1) is 0 Å². The summed E-state index contributed by atoms with van der Waals surface area (Å²) < 4.78 is 43.2. The highest BCUT2D eigenvalue weighted by atomic mass is 35.5. The summed E-state index contributed by atoms with van der Waals surface area (Å²) in [5, 5.41) is 0. The van der Waals surface area contributed by atoms with E-state index in [9.17, 15) is 0 Å². The van der Waals surface area contributed by atoms with E-state index in [1.54, 1.807) is 12.1 Å². The van der Waals surface area contributed by atoms with Crippen molar-refractivity contribution in [3.8, 4) is 5.75 Å². The first-order valence-electron chi connectivity index (χ1n) is 10.9. The number of hydrogen-bond donors (Lipinski definition) is 1. The van der Waals surface area contributed by atoms with Crippen LogP contribution < -0.4 is 10.5 Å². The summed E-state index contributed by atoms with van der Waals surface area (Å²) >= 11 is 5.49. The number of nitrogen functional groups attached to an aromatic ring is 1. The lowest BCUT2D eigenvalue weighted by Crippen LogP contribution is -2.15. The first-order chi connectivity index (χ1) is 15.8. The van der Waals surface area contributed by atoms with Crippen LogP contribution in [0.3, 0.4) is 0 Å². The highest BCUT2D eigenvalue weighted by Crippen LogP contribution is 2.12. The summed E-state index contributed by atoms with van der Waals surface area (Å²) in [5.41, 5.74) is 6.33. The van der Waals surface area contributed by atoms with E-state index in [1.807, 2.05) is 12.1 Å². The van der Waals surface area contributed by atoms with Gasteiger partial charge in [0.15, 0.2) is 0 Å². The Labute approximate surface area is 196 Å². The molecular weight excluding hydrogens is 442 g/mol. The normalized spacial score (nSPS) is 11.2. The predicted molar refractivity (Wildman–Crippen MR) is 123 cm³/mol. The third kappa shape index (κ3) is 19.5. The zero-order valence-electron chi connectivity index (χ0n) is 18.8. The van der Waals surface area contributed by atoms with Gasteiger partial charge < -0.3 is 43.6 Å². The molecule has 10 heteroatoms. The van der Waals surface area contributed by atoms with Crippen LogP contribution in [0.15, 0.2) is 24.3 Å². The van der Waals surface area contributed by atoms with Crippen LogP contribution in [0.4, 0.5) is 5.69 Å². The molecule has 0 aromatic heterocycles. The van der Waals surface area contributed by atoms with Gasteiger partial charge in [-0.05, 0) is 24.3 Å². The molecule has 2 N–H and O–H groups in total. The molecule has 9 nitrogen and oxygen atoms in total. The number of anilines is 1. The quantitative estimate of drug-likeness (QED) is 0.135. The molecule has 1 rings (SSSR count). The van der Waals surface area contributed by atoms with Crippen molar-refractivity contribution in [3.63, 3.8) is 0 Å². The Morgan fingerprint density at radius 1 is 0.469 bits per heavy atom. The van der Waals surface area contributed by atoms with Gasteiger partial charge in [-0.3, -0.25) is 0 Å². The highest BCUT2D eigenvalue weighted by Gasteiger charge is 1.96. The molecule has 32 heavy (non-hydrogen) atoms. The molecule has 0 saturated heterocycles. The Hall–Kier alpha value is -1.17. The smallest absolute Gasteiger partial charge is 0.119 e. The van der Waals surface area contributed by atoms with Gasteiger partial charge >= 0.3 is 0 Å². The molecule has 0 aliphatic rings. The number of nitrogens with two attached hydrogens (primary N) is 1. The van der Waals surface area contributed by atoms with Crippen molar-refractivity contribution < 1.29 is 37.9 Å². The SMILES string of the molecule is Nc1ccc(OCCOCCOCCOCCOCCOCCOCCOCCCl)cc1. The van der Waals surface area contributed by atoms with E-state index in [1.165, 1.54) is 0 Å². The van der Waals surface area contributed by atoms with Gasteiger partial charge in [-0.2, -0.15) is 0 Å². The van der Waals surface area contributed by atoms with E-state index in [0.29, 0.717) is 111 Å². The summed E-state index contributed by atoms with van der Waals surface area (Å²) in [6.45, 7) is 7.87. The third-order valence-electron chi connectivity index (χ3n) is 3.83. The van der Waals surface area contributed by atoms with E-state index in [2.05, 4.69) is 0 Å². The predicted octanol–water partition coefficient (Wildman–Crippen LogP) is 2.00. The molecule has 186 valence electrons. The monoisotopic (exact) mass is 479 g/mol. The number of hydrogen-bond acceptors (Lipinski definition) is 9. The van der Waals surface area contributed by atoms with Crippen molar-refractivity contribution in [2.45, 2.75) is 0 Å². The van der Waals surface area contributed by atoms with Gasteiger partial charge in [0, 0.05) is 11.6 Å². The van der Waals surface area contributed by atoms with E-state index >= 15 is 0 Å². The molecule has 0 aliphatic heterocycles. The van der Waals surface area contributed by atoms with Gasteiger partial charge in [-0.15, -0.1) is 11.6 Å². The van der Waals surface area contributed by atoms with E-state index in [0.717, 1.165) is 5.75 Å². The fraction of sp³-hybridized carbons (Fsp3) is 0.727. The van der Waals surface area contributed by atoms with Crippen LogP contribution in [0.5, 0.6) is 5.75 Å².